The van der Waals surface area contributed by atoms with Gasteiger partial charge in [0.1, 0.15) is 0 Å². The largest absolute Gasteiger partial charge is 0.493 e. The molecule has 0 saturated heterocycles. The summed E-state index contributed by atoms with van der Waals surface area (Å²) in [4.78, 5) is 30.7. The lowest BCUT2D eigenvalue weighted by Gasteiger charge is -1.94. The SMILES string of the molecule is O=c1[nH]c(O)c(N=Nc2nc(-c3ccccc3)cs2)c(=O)[nH]1. The smallest absolute Gasteiger partial charge is 0.328 e. The Morgan fingerprint density at radius 1 is 1.09 bits per heavy atom. The lowest BCUT2D eigenvalue weighted by atomic mass is 10.2. The van der Waals surface area contributed by atoms with E-state index in [4.69, 9.17) is 0 Å². The minimum atomic E-state index is -0.829. The van der Waals surface area contributed by atoms with E-state index in [0.29, 0.717) is 5.13 Å². The van der Waals surface area contributed by atoms with Crippen molar-refractivity contribution < 1.29 is 5.11 Å². The monoisotopic (exact) mass is 315 g/mol. The minimum Gasteiger partial charge on any atom is -0.493 e. The van der Waals surface area contributed by atoms with E-state index in [1.54, 1.807) is 5.38 Å². The van der Waals surface area contributed by atoms with Crippen LogP contribution in [0, 0.1) is 0 Å². The van der Waals surface area contributed by atoms with Gasteiger partial charge in [-0.05, 0) is 0 Å². The van der Waals surface area contributed by atoms with Gasteiger partial charge in [-0.2, -0.15) is 0 Å². The molecule has 2 heterocycles. The molecule has 8 nitrogen and oxygen atoms in total. The Kier molecular flexibility index (Phi) is 3.62. The van der Waals surface area contributed by atoms with Crippen LogP contribution in [0.25, 0.3) is 11.3 Å². The van der Waals surface area contributed by atoms with Crippen LogP contribution in [0.3, 0.4) is 0 Å². The first-order valence-electron chi connectivity index (χ1n) is 6.12. The highest BCUT2D eigenvalue weighted by Crippen LogP contribution is 2.28. The average molecular weight is 315 g/mol. The lowest BCUT2D eigenvalue weighted by Crippen LogP contribution is -2.20. The Hall–Kier alpha value is -3.07. The zero-order valence-electron chi connectivity index (χ0n) is 11.0. The summed E-state index contributed by atoms with van der Waals surface area (Å²) in [6.45, 7) is 0. The van der Waals surface area contributed by atoms with Crippen molar-refractivity contribution in [2.45, 2.75) is 0 Å². The fourth-order valence-electron chi connectivity index (χ4n) is 1.71. The van der Waals surface area contributed by atoms with Gasteiger partial charge in [-0.3, -0.25) is 14.8 Å². The van der Waals surface area contributed by atoms with Gasteiger partial charge in [0.05, 0.1) is 5.69 Å². The van der Waals surface area contributed by atoms with Crippen LogP contribution in [0.1, 0.15) is 0 Å². The molecule has 0 fully saturated rings. The summed E-state index contributed by atoms with van der Waals surface area (Å²) in [7, 11) is 0. The Balaban J connectivity index is 1.90. The maximum absolute atomic E-state index is 11.5. The molecule has 22 heavy (non-hydrogen) atoms. The standard InChI is InChI=1S/C13H9N5O3S/c19-10-9(11(20)16-12(21)15-10)17-18-13-14-8(6-22-13)7-4-2-1-3-5-7/h1-6H,(H3,15,16,19,20,21). The van der Waals surface area contributed by atoms with E-state index in [2.05, 4.69) is 15.2 Å². The van der Waals surface area contributed by atoms with Gasteiger partial charge in [0.15, 0.2) is 0 Å². The summed E-state index contributed by atoms with van der Waals surface area (Å²) in [5, 5.41) is 19.1. The van der Waals surface area contributed by atoms with Crippen LogP contribution in [-0.2, 0) is 0 Å². The molecule has 0 unspecified atom stereocenters. The number of H-pyrrole nitrogens is 2. The number of azo groups is 1. The molecule has 9 heteroatoms. The summed E-state index contributed by atoms with van der Waals surface area (Å²) >= 11 is 1.24. The highest BCUT2D eigenvalue weighted by atomic mass is 32.1. The summed E-state index contributed by atoms with van der Waals surface area (Å²) in [6, 6.07) is 9.52. The van der Waals surface area contributed by atoms with E-state index in [9.17, 15) is 14.7 Å². The Morgan fingerprint density at radius 3 is 2.59 bits per heavy atom. The molecule has 3 N–H and O–H groups in total. The van der Waals surface area contributed by atoms with Crippen LogP contribution in [0.5, 0.6) is 5.88 Å². The fourth-order valence-corrected chi connectivity index (χ4v) is 2.35. The van der Waals surface area contributed by atoms with Gasteiger partial charge in [0.2, 0.25) is 16.7 Å². The number of nitrogens with one attached hydrogen (secondary N) is 2. The summed E-state index contributed by atoms with van der Waals surface area (Å²) in [6.07, 6.45) is 0. The van der Waals surface area contributed by atoms with Crippen LogP contribution in [-0.4, -0.2) is 20.1 Å². The van der Waals surface area contributed by atoms with Gasteiger partial charge in [-0.25, -0.2) is 9.78 Å². The molecular weight excluding hydrogens is 306 g/mol. The van der Waals surface area contributed by atoms with Crippen LogP contribution in [0.4, 0.5) is 10.8 Å². The number of nitrogens with zero attached hydrogens (tertiary/aromatic N) is 3. The molecule has 1 aromatic carbocycles. The van der Waals surface area contributed by atoms with E-state index in [-0.39, 0.29) is 5.69 Å². The van der Waals surface area contributed by atoms with E-state index >= 15 is 0 Å². The van der Waals surface area contributed by atoms with Crippen LogP contribution < -0.4 is 11.2 Å². The molecule has 0 aliphatic rings. The first-order chi connectivity index (χ1) is 10.6. The molecule has 0 spiro atoms. The predicted molar refractivity (Wildman–Crippen MR) is 81.1 cm³/mol. The van der Waals surface area contributed by atoms with Crippen molar-refractivity contribution in [3.05, 3.63) is 56.5 Å². The molecule has 2 aromatic heterocycles. The number of thiazole rings is 1. The van der Waals surface area contributed by atoms with Crippen molar-refractivity contribution in [3.8, 4) is 17.1 Å². The highest BCUT2D eigenvalue weighted by molar-refractivity contribution is 7.13. The third-order valence-corrected chi connectivity index (χ3v) is 3.42. The molecule has 0 atom stereocenters. The second-order valence-electron chi connectivity index (χ2n) is 4.19. The molecule has 0 aliphatic heterocycles. The zero-order valence-corrected chi connectivity index (χ0v) is 11.8. The van der Waals surface area contributed by atoms with Crippen LogP contribution >= 0.6 is 11.3 Å². The third kappa shape index (κ3) is 2.83. The van der Waals surface area contributed by atoms with Crippen molar-refractivity contribution in [2.75, 3.05) is 0 Å². The van der Waals surface area contributed by atoms with E-state index in [0.717, 1.165) is 11.3 Å². The molecule has 110 valence electrons. The summed E-state index contributed by atoms with van der Waals surface area (Å²) in [5.74, 6) is -0.641. The van der Waals surface area contributed by atoms with E-state index < -0.39 is 17.1 Å². The normalized spacial score (nSPS) is 11.1. The second kappa shape index (κ2) is 5.74. The molecule has 0 bridgehead atoms. The molecule has 0 amide bonds. The quantitative estimate of drug-likeness (QED) is 0.641. The van der Waals surface area contributed by atoms with Gasteiger partial charge in [0, 0.05) is 10.9 Å². The van der Waals surface area contributed by atoms with Gasteiger partial charge in [-0.1, -0.05) is 30.3 Å². The highest BCUT2D eigenvalue weighted by Gasteiger charge is 2.08. The number of hydrogen-bond acceptors (Lipinski definition) is 7. The summed E-state index contributed by atoms with van der Waals surface area (Å²) in [5.41, 5.74) is -0.355. The van der Waals surface area contributed by atoms with Crippen LogP contribution in [0.15, 0.2) is 55.5 Å². The first kappa shape index (κ1) is 13.9. The van der Waals surface area contributed by atoms with Crippen molar-refractivity contribution in [1.29, 1.82) is 0 Å². The third-order valence-electron chi connectivity index (χ3n) is 2.70. The molecular formula is C13H9N5O3S. The van der Waals surface area contributed by atoms with Gasteiger partial charge >= 0.3 is 5.69 Å². The maximum atomic E-state index is 11.5. The molecule has 0 radical (unpaired) electrons. The minimum absolute atomic E-state index is 0.323. The Morgan fingerprint density at radius 2 is 1.86 bits per heavy atom. The molecule has 3 aromatic rings. The van der Waals surface area contributed by atoms with Crippen molar-refractivity contribution in [2.24, 2.45) is 10.2 Å². The molecule has 3 rings (SSSR count). The first-order valence-corrected chi connectivity index (χ1v) is 7.00. The Bertz CT molecular complexity index is 942. The van der Waals surface area contributed by atoms with Crippen molar-refractivity contribution in [1.82, 2.24) is 15.0 Å². The van der Waals surface area contributed by atoms with E-state index in [1.165, 1.54) is 11.3 Å². The van der Waals surface area contributed by atoms with Crippen LogP contribution in [0.2, 0.25) is 0 Å². The molecule has 0 aliphatic carbocycles. The predicted octanol–water partition coefficient (Wildman–Crippen LogP) is 2.31. The fraction of sp³-hybridized carbons (Fsp3) is 0. The van der Waals surface area contributed by atoms with Gasteiger partial charge < -0.3 is 5.11 Å². The van der Waals surface area contributed by atoms with E-state index in [1.807, 2.05) is 40.3 Å². The lowest BCUT2D eigenvalue weighted by molar-refractivity contribution is 0.450. The summed E-state index contributed by atoms with van der Waals surface area (Å²) < 4.78 is 0. The average Bonchev–Trinajstić information content (AvgIpc) is 2.96. The van der Waals surface area contributed by atoms with Gasteiger partial charge in [0.25, 0.3) is 5.56 Å². The Labute approximate surface area is 126 Å². The zero-order chi connectivity index (χ0) is 15.5. The number of hydrogen-bond donors (Lipinski definition) is 3. The second-order valence-corrected chi connectivity index (χ2v) is 5.02. The number of aromatic hydroxyl groups is 1. The number of aromatic nitrogens is 3. The van der Waals surface area contributed by atoms with Crippen molar-refractivity contribution >= 4 is 22.2 Å². The number of aromatic amines is 2. The van der Waals surface area contributed by atoms with Gasteiger partial charge in [-0.15, -0.1) is 21.6 Å². The number of benzene rings is 1. The van der Waals surface area contributed by atoms with Crippen molar-refractivity contribution in [3.63, 3.8) is 0 Å². The topological polar surface area (TPSA) is 124 Å². The number of rotatable bonds is 3. The maximum Gasteiger partial charge on any atom is 0.328 e. The molecule has 0 saturated carbocycles.